The van der Waals surface area contributed by atoms with Crippen LogP contribution in [-0.4, -0.2) is 47.0 Å². The molecule has 2 aromatic carbocycles. The Balaban J connectivity index is 1.50. The number of hydrogen-bond acceptors (Lipinski definition) is 4. The number of aryl methyl sites for hydroxylation is 2. The standard InChI is InChI=1S/C26H27F3N4O/c1-3-23-22(17-19-7-5-4-6-8-19)24(31-18(2)30-23)32-13-15-33(16-14-32)25(34)20-9-11-21(12-10-20)26(27,28)29/h4-12H,3,13-17H2,1-2H3. The fraction of sp³-hybridized carbons (Fsp3) is 0.346. The van der Waals surface area contributed by atoms with Gasteiger partial charge in [0.1, 0.15) is 11.6 Å². The molecule has 1 amide bonds. The Morgan fingerprint density at radius 2 is 1.59 bits per heavy atom. The lowest BCUT2D eigenvalue weighted by atomic mass is 10.0. The van der Waals surface area contributed by atoms with Crippen LogP contribution in [0, 0.1) is 6.92 Å². The molecule has 0 saturated carbocycles. The van der Waals surface area contributed by atoms with Crippen LogP contribution in [0.4, 0.5) is 19.0 Å². The number of hydrogen-bond donors (Lipinski definition) is 0. The average molecular weight is 469 g/mol. The van der Waals surface area contributed by atoms with Crippen molar-refractivity contribution in [3.8, 4) is 0 Å². The van der Waals surface area contributed by atoms with E-state index in [-0.39, 0.29) is 11.5 Å². The third-order valence-corrected chi connectivity index (χ3v) is 6.07. The highest BCUT2D eigenvalue weighted by atomic mass is 19.4. The number of halogens is 3. The van der Waals surface area contributed by atoms with Crippen LogP contribution < -0.4 is 4.90 Å². The Bertz CT molecular complexity index is 1140. The fourth-order valence-corrected chi connectivity index (χ4v) is 4.28. The zero-order valence-electron chi connectivity index (χ0n) is 19.3. The second-order valence-electron chi connectivity index (χ2n) is 8.39. The predicted octanol–water partition coefficient (Wildman–Crippen LogP) is 4.92. The fourth-order valence-electron chi connectivity index (χ4n) is 4.28. The number of rotatable bonds is 5. The summed E-state index contributed by atoms with van der Waals surface area (Å²) in [6.07, 6.45) is -2.90. The van der Waals surface area contributed by atoms with Crippen molar-refractivity contribution in [3.63, 3.8) is 0 Å². The zero-order valence-corrected chi connectivity index (χ0v) is 19.3. The van der Waals surface area contributed by atoms with Crippen molar-refractivity contribution in [2.24, 2.45) is 0 Å². The molecule has 34 heavy (non-hydrogen) atoms. The molecule has 3 aromatic rings. The Morgan fingerprint density at radius 3 is 2.18 bits per heavy atom. The normalized spacial score (nSPS) is 14.4. The molecule has 1 aliphatic heterocycles. The summed E-state index contributed by atoms with van der Waals surface area (Å²) in [5.74, 6) is 1.35. The third-order valence-electron chi connectivity index (χ3n) is 6.07. The number of aromatic nitrogens is 2. The summed E-state index contributed by atoms with van der Waals surface area (Å²) >= 11 is 0. The first-order valence-electron chi connectivity index (χ1n) is 11.4. The summed E-state index contributed by atoms with van der Waals surface area (Å²) in [5.41, 5.74) is 2.81. The van der Waals surface area contributed by atoms with Crippen LogP contribution >= 0.6 is 0 Å². The molecule has 0 bridgehead atoms. The highest BCUT2D eigenvalue weighted by molar-refractivity contribution is 5.94. The first-order chi connectivity index (χ1) is 16.3. The number of carbonyl (C=O) groups excluding carboxylic acids is 1. The van der Waals surface area contributed by atoms with Gasteiger partial charge in [-0.3, -0.25) is 4.79 Å². The maximum Gasteiger partial charge on any atom is 0.416 e. The lowest BCUT2D eigenvalue weighted by Gasteiger charge is -2.36. The minimum absolute atomic E-state index is 0.258. The summed E-state index contributed by atoms with van der Waals surface area (Å²) in [4.78, 5) is 26.2. The summed E-state index contributed by atoms with van der Waals surface area (Å²) in [7, 11) is 0. The van der Waals surface area contributed by atoms with E-state index < -0.39 is 11.7 Å². The van der Waals surface area contributed by atoms with Crippen molar-refractivity contribution in [3.05, 3.63) is 88.4 Å². The number of alkyl halides is 3. The minimum Gasteiger partial charge on any atom is -0.353 e. The van der Waals surface area contributed by atoms with Crippen molar-refractivity contribution in [2.45, 2.75) is 32.9 Å². The van der Waals surface area contributed by atoms with Gasteiger partial charge in [-0.15, -0.1) is 0 Å². The van der Waals surface area contributed by atoms with Gasteiger partial charge >= 0.3 is 6.18 Å². The molecule has 1 aromatic heterocycles. The molecular weight excluding hydrogens is 441 g/mol. The van der Waals surface area contributed by atoms with Crippen molar-refractivity contribution >= 4 is 11.7 Å². The number of carbonyl (C=O) groups is 1. The number of anilines is 1. The third kappa shape index (κ3) is 5.21. The van der Waals surface area contributed by atoms with Crippen molar-refractivity contribution < 1.29 is 18.0 Å². The van der Waals surface area contributed by atoms with Crippen molar-refractivity contribution in [1.82, 2.24) is 14.9 Å². The first kappa shape index (κ1) is 23.7. The molecule has 2 heterocycles. The maximum absolute atomic E-state index is 12.9. The van der Waals surface area contributed by atoms with Crippen LogP contribution in [0.3, 0.4) is 0 Å². The molecule has 5 nitrogen and oxygen atoms in total. The van der Waals surface area contributed by atoms with E-state index >= 15 is 0 Å². The van der Waals surface area contributed by atoms with Crippen LogP contribution in [-0.2, 0) is 19.0 Å². The van der Waals surface area contributed by atoms with E-state index in [0.717, 1.165) is 42.0 Å². The largest absolute Gasteiger partial charge is 0.416 e. The Morgan fingerprint density at radius 1 is 0.941 bits per heavy atom. The number of piperazine rings is 1. The van der Waals surface area contributed by atoms with E-state index in [4.69, 9.17) is 4.98 Å². The first-order valence-corrected chi connectivity index (χ1v) is 11.4. The minimum atomic E-state index is -4.42. The van der Waals surface area contributed by atoms with Crippen LogP contribution in [0.1, 0.15) is 45.5 Å². The topological polar surface area (TPSA) is 49.3 Å². The van der Waals surface area contributed by atoms with Gasteiger partial charge in [0.05, 0.1) is 5.56 Å². The molecule has 0 atom stereocenters. The molecule has 0 radical (unpaired) electrons. The quantitative estimate of drug-likeness (QED) is 0.534. The molecule has 0 aliphatic carbocycles. The second kappa shape index (κ2) is 9.83. The second-order valence-corrected chi connectivity index (χ2v) is 8.39. The van der Waals surface area contributed by atoms with Crippen molar-refractivity contribution in [2.75, 3.05) is 31.1 Å². The monoisotopic (exact) mass is 468 g/mol. The highest BCUT2D eigenvalue weighted by Gasteiger charge is 2.31. The van der Waals surface area contributed by atoms with Gasteiger partial charge in [-0.25, -0.2) is 9.97 Å². The van der Waals surface area contributed by atoms with E-state index in [0.29, 0.717) is 32.0 Å². The van der Waals surface area contributed by atoms with E-state index in [1.54, 1.807) is 4.90 Å². The molecule has 178 valence electrons. The van der Waals surface area contributed by atoms with E-state index in [1.165, 1.54) is 17.7 Å². The molecule has 1 fully saturated rings. The molecular formula is C26H27F3N4O. The van der Waals surface area contributed by atoms with Gasteiger partial charge in [0.2, 0.25) is 0 Å². The maximum atomic E-state index is 12.9. The molecule has 1 aliphatic rings. The van der Waals surface area contributed by atoms with Gasteiger partial charge in [-0.2, -0.15) is 13.2 Å². The van der Waals surface area contributed by atoms with E-state index in [9.17, 15) is 18.0 Å². The zero-order chi connectivity index (χ0) is 24.3. The van der Waals surface area contributed by atoms with Gasteiger partial charge < -0.3 is 9.80 Å². The lowest BCUT2D eigenvalue weighted by Crippen LogP contribution is -2.49. The number of benzene rings is 2. The molecule has 1 saturated heterocycles. The Labute approximate surface area is 197 Å². The molecule has 0 spiro atoms. The predicted molar refractivity (Wildman–Crippen MR) is 125 cm³/mol. The molecule has 0 unspecified atom stereocenters. The molecule has 0 N–H and O–H groups in total. The average Bonchev–Trinajstić information content (AvgIpc) is 2.84. The molecule has 8 heteroatoms. The molecule has 4 rings (SSSR count). The van der Waals surface area contributed by atoms with Gasteiger partial charge in [-0.05, 0) is 43.2 Å². The van der Waals surface area contributed by atoms with Crippen LogP contribution in [0.2, 0.25) is 0 Å². The van der Waals surface area contributed by atoms with Gasteiger partial charge in [0.15, 0.2) is 0 Å². The summed E-state index contributed by atoms with van der Waals surface area (Å²) < 4.78 is 38.5. The Kier molecular flexibility index (Phi) is 6.86. The van der Waals surface area contributed by atoms with Crippen LogP contribution in [0.25, 0.3) is 0 Å². The van der Waals surface area contributed by atoms with E-state index in [1.807, 2.05) is 25.1 Å². The van der Waals surface area contributed by atoms with Crippen LogP contribution in [0.5, 0.6) is 0 Å². The SMILES string of the molecule is CCc1nc(C)nc(N2CCN(C(=O)c3ccc(C(F)(F)F)cc3)CC2)c1Cc1ccccc1. The lowest BCUT2D eigenvalue weighted by molar-refractivity contribution is -0.137. The number of nitrogens with zero attached hydrogens (tertiary/aromatic N) is 4. The van der Waals surface area contributed by atoms with E-state index in [2.05, 4.69) is 28.9 Å². The van der Waals surface area contributed by atoms with Crippen LogP contribution in [0.15, 0.2) is 54.6 Å². The summed E-state index contributed by atoms with van der Waals surface area (Å²) in [6, 6.07) is 14.6. The van der Waals surface area contributed by atoms with Gasteiger partial charge in [-0.1, -0.05) is 37.3 Å². The van der Waals surface area contributed by atoms with Gasteiger partial charge in [0, 0.05) is 49.4 Å². The Hall–Kier alpha value is -3.42. The summed E-state index contributed by atoms with van der Waals surface area (Å²) in [6.45, 7) is 6.09. The smallest absolute Gasteiger partial charge is 0.353 e. The number of amides is 1. The summed E-state index contributed by atoms with van der Waals surface area (Å²) in [5, 5.41) is 0. The van der Waals surface area contributed by atoms with Crippen molar-refractivity contribution in [1.29, 1.82) is 0 Å². The van der Waals surface area contributed by atoms with Gasteiger partial charge in [0.25, 0.3) is 5.91 Å². The highest BCUT2D eigenvalue weighted by Crippen LogP contribution is 2.30.